The highest BCUT2D eigenvalue weighted by Crippen LogP contribution is 2.33. The lowest BCUT2D eigenvalue weighted by Crippen LogP contribution is -2.44. The van der Waals surface area contributed by atoms with E-state index in [0.29, 0.717) is 23.9 Å². The molecule has 120 valence electrons. The predicted molar refractivity (Wildman–Crippen MR) is 94.1 cm³/mol. The van der Waals surface area contributed by atoms with Crippen molar-refractivity contribution in [2.45, 2.75) is 25.9 Å². The molecule has 23 heavy (non-hydrogen) atoms. The van der Waals surface area contributed by atoms with Crippen molar-refractivity contribution in [3.05, 3.63) is 65.6 Å². The Morgan fingerprint density at radius 1 is 1.09 bits per heavy atom. The lowest BCUT2D eigenvalue weighted by atomic mass is 10.1. The van der Waals surface area contributed by atoms with E-state index in [1.54, 1.807) is 6.26 Å². The van der Waals surface area contributed by atoms with Gasteiger partial charge in [0, 0.05) is 10.9 Å². The van der Waals surface area contributed by atoms with Crippen LogP contribution >= 0.6 is 11.6 Å². The fraction of sp³-hybridized carbons (Fsp3) is 0.263. The average Bonchev–Trinajstić information content (AvgIpc) is 3.06. The van der Waals surface area contributed by atoms with E-state index in [9.17, 15) is 0 Å². The average molecular weight is 330 g/mol. The topological polar surface area (TPSA) is 34.4 Å². The monoisotopic (exact) mass is 329 g/mol. The number of rotatable bonds is 6. The van der Waals surface area contributed by atoms with Gasteiger partial charge in [-0.2, -0.15) is 0 Å². The highest BCUT2D eigenvalue weighted by Gasteiger charge is 2.19. The summed E-state index contributed by atoms with van der Waals surface area (Å²) >= 11 is 6.47. The van der Waals surface area contributed by atoms with E-state index in [0.717, 1.165) is 16.5 Å². The molecule has 3 rings (SSSR count). The number of halogens is 1. The number of furan rings is 1. The van der Waals surface area contributed by atoms with Gasteiger partial charge in [-0.15, -0.1) is 0 Å². The maximum Gasteiger partial charge on any atom is 0.138 e. The highest BCUT2D eigenvalue weighted by atomic mass is 35.5. The van der Waals surface area contributed by atoms with Gasteiger partial charge in [-0.1, -0.05) is 41.9 Å². The summed E-state index contributed by atoms with van der Waals surface area (Å²) in [6.07, 6.45) is 1.68. The van der Waals surface area contributed by atoms with Gasteiger partial charge >= 0.3 is 0 Å². The summed E-state index contributed by atoms with van der Waals surface area (Å²) < 4.78 is 11.3. The van der Waals surface area contributed by atoms with E-state index in [2.05, 4.69) is 19.2 Å². The van der Waals surface area contributed by atoms with Crippen molar-refractivity contribution >= 4 is 22.4 Å². The summed E-state index contributed by atoms with van der Waals surface area (Å²) in [6.45, 7) is 5.34. The Morgan fingerprint density at radius 2 is 1.91 bits per heavy atom. The lowest BCUT2D eigenvalue weighted by molar-refractivity contribution is 0.204. The zero-order chi connectivity index (χ0) is 16.3. The quantitative estimate of drug-likeness (QED) is 0.688. The predicted octanol–water partition coefficient (Wildman–Crippen LogP) is 5.03. The first-order chi connectivity index (χ1) is 11.1. The van der Waals surface area contributed by atoms with E-state index < -0.39 is 0 Å². The van der Waals surface area contributed by atoms with E-state index >= 15 is 0 Å². The maximum absolute atomic E-state index is 6.47. The van der Waals surface area contributed by atoms with Crippen LogP contribution in [-0.4, -0.2) is 12.1 Å². The lowest BCUT2D eigenvalue weighted by Gasteiger charge is -2.26. The van der Waals surface area contributed by atoms with Crippen LogP contribution in [0.3, 0.4) is 0 Å². The summed E-state index contributed by atoms with van der Waals surface area (Å²) in [6, 6.07) is 15.8. The first kappa shape index (κ1) is 15.9. The maximum atomic E-state index is 6.47. The minimum Gasteiger partial charge on any atom is -0.490 e. The number of hydrogen-bond acceptors (Lipinski definition) is 3. The molecule has 0 radical (unpaired) electrons. The molecule has 0 atom stereocenters. The summed E-state index contributed by atoms with van der Waals surface area (Å²) in [5.41, 5.74) is -0.207. The van der Waals surface area contributed by atoms with Crippen LogP contribution < -0.4 is 10.1 Å². The second kappa shape index (κ2) is 6.65. The van der Waals surface area contributed by atoms with Gasteiger partial charge in [0.2, 0.25) is 0 Å². The molecule has 0 aliphatic carbocycles. The zero-order valence-corrected chi connectivity index (χ0v) is 14.1. The van der Waals surface area contributed by atoms with Crippen LogP contribution in [0.2, 0.25) is 5.02 Å². The van der Waals surface area contributed by atoms with Gasteiger partial charge in [0.05, 0.1) is 17.8 Å². The molecule has 0 spiro atoms. The molecule has 0 bridgehead atoms. The smallest absolute Gasteiger partial charge is 0.138 e. The van der Waals surface area contributed by atoms with Crippen LogP contribution in [-0.2, 0) is 6.54 Å². The number of hydrogen-bond donors (Lipinski definition) is 1. The Hall–Kier alpha value is -1.97. The molecule has 0 aliphatic rings. The normalized spacial score (nSPS) is 11.8. The molecule has 2 aromatic carbocycles. The molecular formula is C19H20ClNO2. The van der Waals surface area contributed by atoms with Gasteiger partial charge in [0.1, 0.15) is 18.1 Å². The van der Waals surface area contributed by atoms with Gasteiger partial charge in [0.25, 0.3) is 0 Å². The Kier molecular flexibility index (Phi) is 4.60. The van der Waals surface area contributed by atoms with Gasteiger partial charge in [-0.25, -0.2) is 0 Å². The van der Waals surface area contributed by atoms with Crippen LogP contribution in [0.4, 0.5) is 0 Å². The number of nitrogens with one attached hydrogen (secondary N) is 1. The van der Waals surface area contributed by atoms with Crippen molar-refractivity contribution in [3.63, 3.8) is 0 Å². The van der Waals surface area contributed by atoms with Crippen molar-refractivity contribution in [3.8, 4) is 5.75 Å². The third-order valence-corrected chi connectivity index (χ3v) is 4.13. The van der Waals surface area contributed by atoms with E-state index in [1.807, 2.05) is 48.5 Å². The van der Waals surface area contributed by atoms with Crippen molar-refractivity contribution in [2.75, 3.05) is 6.61 Å². The molecule has 1 heterocycles. The molecule has 0 saturated carbocycles. The van der Waals surface area contributed by atoms with E-state index in [4.69, 9.17) is 20.8 Å². The molecule has 0 amide bonds. The second-order valence-corrected chi connectivity index (χ2v) is 6.58. The van der Waals surface area contributed by atoms with Gasteiger partial charge in [0.15, 0.2) is 0 Å². The Balaban J connectivity index is 1.66. The number of ether oxygens (including phenoxy) is 1. The van der Waals surface area contributed by atoms with Crippen molar-refractivity contribution < 1.29 is 9.15 Å². The van der Waals surface area contributed by atoms with Crippen molar-refractivity contribution in [1.29, 1.82) is 0 Å². The minimum absolute atomic E-state index is 0.207. The van der Waals surface area contributed by atoms with Crippen molar-refractivity contribution in [1.82, 2.24) is 5.32 Å². The molecular weight excluding hydrogens is 310 g/mol. The fourth-order valence-electron chi connectivity index (χ4n) is 2.37. The van der Waals surface area contributed by atoms with Crippen LogP contribution in [0.5, 0.6) is 5.75 Å². The Morgan fingerprint density at radius 3 is 2.70 bits per heavy atom. The third-order valence-electron chi connectivity index (χ3n) is 3.74. The van der Waals surface area contributed by atoms with Crippen LogP contribution in [0, 0.1) is 0 Å². The van der Waals surface area contributed by atoms with Crippen LogP contribution in [0.1, 0.15) is 19.6 Å². The van der Waals surface area contributed by atoms with E-state index in [-0.39, 0.29) is 5.54 Å². The Bertz CT molecular complexity index is 781. The van der Waals surface area contributed by atoms with Gasteiger partial charge in [-0.05, 0) is 37.4 Å². The zero-order valence-electron chi connectivity index (χ0n) is 13.3. The molecule has 0 unspecified atom stereocenters. The molecule has 3 aromatic rings. The molecule has 1 aromatic heterocycles. The highest BCUT2D eigenvalue weighted by molar-refractivity contribution is 6.37. The van der Waals surface area contributed by atoms with Gasteiger partial charge in [-0.3, -0.25) is 0 Å². The third kappa shape index (κ3) is 3.87. The summed E-state index contributed by atoms with van der Waals surface area (Å²) in [5, 5.41) is 6.20. The van der Waals surface area contributed by atoms with Crippen molar-refractivity contribution in [2.24, 2.45) is 0 Å². The molecule has 1 N–H and O–H groups in total. The first-order valence-electron chi connectivity index (χ1n) is 7.63. The minimum atomic E-state index is -0.207. The van der Waals surface area contributed by atoms with Crippen LogP contribution in [0.15, 0.2) is 59.2 Å². The molecule has 3 nitrogen and oxygen atoms in total. The molecule has 0 saturated heterocycles. The molecule has 0 fully saturated rings. The van der Waals surface area contributed by atoms with Gasteiger partial charge < -0.3 is 14.5 Å². The second-order valence-electron chi connectivity index (χ2n) is 6.20. The molecule has 4 heteroatoms. The van der Waals surface area contributed by atoms with E-state index in [1.165, 1.54) is 0 Å². The number of fused-ring (bicyclic) bond motifs is 1. The summed E-state index contributed by atoms with van der Waals surface area (Å²) in [7, 11) is 0. The van der Waals surface area contributed by atoms with Crippen LogP contribution in [0.25, 0.3) is 10.8 Å². The fourth-order valence-corrected chi connectivity index (χ4v) is 2.66. The summed E-state index contributed by atoms with van der Waals surface area (Å²) in [5.74, 6) is 1.61. The first-order valence-corrected chi connectivity index (χ1v) is 8.00. The summed E-state index contributed by atoms with van der Waals surface area (Å²) in [4.78, 5) is 0. The largest absolute Gasteiger partial charge is 0.490 e. The molecule has 0 aliphatic heterocycles. The Labute approximate surface area is 141 Å². The number of benzene rings is 2. The SMILES string of the molecule is CC(C)(COc1ccc2ccccc2c1Cl)NCc1ccco1. The standard InChI is InChI=1S/C19H20ClNO2/c1-19(2,21-12-15-7-5-11-22-15)13-23-17-10-9-14-6-3-4-8-16(14)18(17)20/h3-11,21H,12-13H2,1-2H3.